The summed E-state index contributed by atoms with van der Waals surface area (Å²) in [6.45, 7) is 0. The Morgan fingerprint density at radius 3 is 1.46 bits per heavy atom. The van der Waals surface area contributed by atoms with Crippen LogP contribution in [0, 0.1) is 0 Å². The molecule has 6 aromatic rings. The standard InChI is InChI=1S/C17H14BrCl2N5O2S.C17H16BrN5O2S/c1-25(2)17(27)12-8(18)6-7-11(14(12)26)22-16-15(23-28-24-16)21-10-5-3-4-9(19)13(10)20;1-23(2)17(25)13-11(18)8-9-12(14(13)24)20-16-15(21-26-22-16)19-10-6-4-3-5-7-10/h3-7,26H,1-2H3,(H,21,23)(H,22,24);3-9,24H,1-2H3,(H,19,21)(H,20,22). The van der Waals surface area contributed by atoms with Gasteiger partial charge in [-0.15, -0.1) is 0 Å². The SMILES string of the molecule is CN(C)C(=O)c1c(Br)ccc(Nc2nsnc2Nc2cccc(Cl)c2Cl)c1O.CN(C)C(=O)c1c(Br)ccc(Nc2nsnc2Nc2ccccc2)c1O. The number of aromatic hydroxyl groups is 2. The molecule has 0 aliphatic heterocycles. The molecule has 0 spiro atoms. The summed E-state index contributed by atoms with van der Waals surface area (Å²) in [6, 6.07) is 21.4. The minimum absolute atomic E-state index is 0.144. The molecule has 6 N–H and O–H groups in total. The highest BCUT2D eigenvalue weighted by atomic mass is 79.9. The molecule has 2 amide bonds. The molecule has 0 unspecified atom stereocenters. The number of phenolic OH excluding ortho intramolecular Hbond substituents is 2. The van der Waals surface area contributed by atoms with Crippen molar-refractivity contribution < 1.29 is 19.8 Å². The lowest BCUT2D eigenvalue weighted by molar-refractivity contribution is 0.0816. The fourth-order valence-electron chi connectivity index (χ4n) is 4.54. The number of rotatable bonds is 10. The molecule has 20 heteroatoms. The van der Waals surface area contributed by atoms with Crippen molar-refractivity contribution >= 4 is 136 Å². The monoisotopic (exact) mass is 934 g/mol. The number of nitrogens with one attached hydrogen (secondary N) is 4. The Hall–Kier alpha value is -4.72. The summed E-state index contributed by atoms with van der Waals surface area (Å²) in [4.78, 5) is 27.5. The number of halogens is 4. The van der Waals surface area contributed by atoms with Crippen LogP contribution >= 0.6 is 78.5 Å². The molecule has 54 heavy (non-hydrogen) atoms. The van der Waals surface area contributed by atoms with E-state index in [0.717, 1.165) is 29.1 Å². The van der Waals surface area contributed by atoms with E-state index in [1.807, 2.05) is 30.3 Å². The van der Waals surface area contributed by atoms with Gasteiger partial charge in [0.05, 0.1) is 61.7 Å². The molecular formula is C34H30Br2Cl2N10O4S2. The van der Waals surface area contributed by atoms with Crippen molar-refractivity contribution in [3.05, 3.63) is 103 Å². The Labute approximate surface area is 345 Å². The molecular weight excluding hydrogens is 907 g/mol. The number of phenols is 2. The van der Waals surface area contributed by atoms with Crippen LogP contribution in [0.3, 0.4) is 0 Å². The fraction of sp³-hybridized carbons (Fsp3) is 0.118. The highest BCUT2D eigenvalue weighted by molar-refractivity contribution is 9.10. The molecule has 0 fully saturated rings. The van der Waals surface area contributed by atoms with Gasteiger partial charge >= 0.3 is 0 Å². The van der Waals surface area contributed by atoms with Gasteiger partial charge in [0.2, 0.25) is 0 Å². The van der Waals surface area contributed by atoms with Crippen molar-refractivity contribution in [2.75, 3.05) is 49.5 Å². The van der Waals surface area contributed by atoms with Crippen LogP contribution in [0.25, 0.3) is 0 Å². The highest BCUT2D eigenvalue weighted by Crippen LogP contribution is 2.39. The average molecular weight is 938 g/mol. The average Bonchev–Trinajstić information content (AvgIpc) is 3.78. The molecule has 2 aromatic heterocycles. The van der Waals surface area contributed by atoms with E-state index in [9.17, 15) is 19.8 Å². The third-order valence-corrected chi connectivity index (χ3v) is 10.4. The third kappa shape index (κ3) is 9.49. The summed E-state index contributed by atoms with van der Waals surface area (Å²) in [5.41, 5.74) is 2.43. The Morgan fingerprint density at radius 2 is 1.02 bits per heavy atom. The van der Waals surface area contributed by atoms with Gasteiger partial charge in [-0.1, -0.05) is 47.5 Å². The van der Waals surface area contributed by atoms with E-state index in [4.69, 9.17) is 23.2 Å². The zero-order chi connectivity index (χ0) is 39.1. The van der Waals surface area contributed by atoms with Gasteiger partial charge < -0.3 is 41.3 Å². The van der Waals surface area contributed by atoms with Crippen LogP contribution in [-0.2, 0) is 0 Å². The first-order chi connectivity index (χ1) is 25.8. The number of nitrogens with zero attached hydrogens (tertiary/aromatic N) is 6. The summed E-state index contributed by atoms with van der Waals surface area (Å²) in [5, 5.41) is 34.2. The second-order valence-corrected chi connectivity index (χ2v) is 15.0. The minimum atomic E-state index is -0.339. The maximum atomic E-state index is 12.4. The largest absolute Gasteiger partial charge is 0.505 e. The van der Waals surface area contributed by atoms with Crippen LogP contribution < -0.4 is 21.3 Å². The van der Waals surface area contributed by atoms with Gasteiger partial charge in [-0.2, -0.15) is 17.5 Å². The van der Waals surface area contributed by atoms with Crippen LogP contribution in [0.4, 0.5) is 46.0 Å². The van der Waals surface area contributed by atoms with Gasteiger partial charge in [0.15, 0.2) is 34.8 Å². The Kier molecular flexibility index (Phi) is 13.5. The molecule has 0 aliphatic rings. The first kappa shape index (κ1) is 40.5. The number of anilines is 8. The van der Waals surface area contributed by atoms with Crippen LogP contribution in [0.1, 0.15) is 20.7 Å². The maximum Gasteiger partial charge on any atom is 0.258 e. The zero-order valence-electron chi connectivity index (χ0n) is 28.7. The molecule has 0 radical (unpaired) electrons. The number of carbonyl (C=O) groups is 2. The molecule has 280 valence electrons. The van der Waals surface area contributed by atoms with Crippen molar-refractivity contribution in [3.8, 4) is 11.5 Å². The van der Waals surface area contributed by atoms with Crippen molar-refractivity contribution in [3.63, 3.8) is 0 Å². The van der Waals surface area contributed by atoms with Gasteiger partial charge in [-0.25, -0.2) is 0 Å². The number of benzene rings is 4. The molecule has 6 rings (SSSR count). The van der Waals surface area contributed by atoms with E-state index >= 15 is 0 Å². The summed E-state index contributed by atoms with van der Waals surface area (Å²) in [5.74, 6) is 0.748. The minimum Gasteiger partial charge on any atom is -0.505 e. The predicted octanol–water partition coefficient (Wildman–Crippen LogP) is 9.70. The van der Waals surface area contributed by atoms with E-state index in [0.29, 0.717) is 59.3 Å². The summed E-state index contributed by atoms with van der Waals surface area (Å²) in [6.07, 6.45) is 0. The van der Waals surface area contributed by atoms with Gasteiger partial charge in [0.25, 0.3) is 11.8 Å². The van der Waals surface area contributed by atoms with Crippen molar-refractivity contribution in [2.24, 2.45) is 0 Å². The predicted molar refractivity (Wildman–Crippen MR) is 224 cm³/mol. The second kappa shape index (κ2) is 18.1. The van der Waals surface area contributed by atoms with E-state index in [1.165, 1.54) is 9.80 Å². The van der Waals surface area contributed by atoms with Crippen LogP contribution in [0.15, 0.2) is 81.7 Å². The molecule has 0 aliphatic carbocycles. The van der Waals surface area contributed by atoms with Crippen LogP contribution in [0.2, 0.25) is 10.0 Å². The first-order valence-corrected chi connectivity index (χ1v) is 19.3. The zero-order valence-corrected chi connectivity index (χ0v) is 35.0. The van der Waals surface area contributed by atoms with Crippen molar-refractivity contribution in [1.29, 1.82) is 0 Å². The number of hydrogen-bond donors (Lipinski definition) is 6. The summed E-state index contributed by atoms with van der Waals surface area (Å²) < 4.78 is 17.8. The van der Waals surface area contributed by atoms with E-state index in [2.05, 4.69) is 70.6 Å². The number of para-hydroxylation sites is 1. The number of hydrogen-bond acceptors (Lipinski definition) is 14. The van der Waals surface area contributed by atoms with Crippen molar-refractivity contribution in [2.45, 2.75) is 0 Å². The van der Waals surface area contributed by atoms with E-state index < -0.39 is 0 Å². The number of aromatic nitrogens is 4. The topological polar surface area (TPSA) is 181 Å². The quantitative estimate of drug-likeness (QED) is 0.0717. The second-order valence-electron chi connectivity index (χ2n) is 11.4. The van der Waals surface area contributed by atoms with Gasteiger partial charge in [0, 0.05) is 42.8 Å². The lowest BCUT2D eigenvalue weighted by Crippen LogP contribution is -2.22. The summed E-state index contributed by atoms with van der Waals surface area (Å²) in [7, 11) is 6.46. The van der Waals surface area contributed by atoms with Gasteiger partial charge in [-0.05, 0) is 80.4 Å². The molecule has 14 nitrogen and oxygen atoms in total. The third-order valence-electron chi connectivity index (χ3n) is 7.22. The molecule has 4 aromatic carbocycles. The molecule has 0 atom stereocenters. The molecule has 2 heterocycles. The maximum absolute atomic E-state index is 12.4. The summed E-state index contributed by atoms with van der Waals surface area (Å²) >= 11 is 20.9. The molecule has 0 saturated carbocycles. The first-order valence-electron chi connectivity index (χ1n) is 15.4. The van der Waals surface area contributed by atoms with Gasteiger partial charge in [-0.3, -0.25) is 9.59 Å². The Bertz CT molecular complexity index is 2290. The normalized spacial score (nSPS) is 10.5. The highest BCUT2D eigenvalue weighted by Gasteiger charge is 2.23. The van der Waals surface area contributed by atoms with Crippen molar-refractivity contribution in [1.82, 2.24) is 27.3 Å². The van der Waals surface area contributed by atoms with Crippen LogP contribution in [-0.4, -0.2) is 77.5 Å². The van der Waals surface area contributed by atoms with Gasteiger partial charge in [0.1, 0.15) is 0 Å². The van der Waals surface area contributed by atoms with E-state index in [-0.39, 0.29) is 34.4 Å². The fourth-order valence-corrected chi connectivity index (χ4v) is 6.80. The smallest absolute Gasteiger partial charge is 0.258 e. The lowest BCUT2D eigenvalue weighted by atomic mass is 10.1. The number of carbonyl (C=O) groups excluding carboxylic acids is 2. The Balaban J connectivity index is 0.000000208. The van der Waals surface area contributed by atoms with Crippen LogP contribution in [0.5, 0.6) is 11.5 Å². The van der Waals surface area contributed by atoms with E-state index in [1.54, 1.807) is 70.7 Å². The number of amides is 2. The molecule has 0 bridgehead atoms. The lowest BCUT2D eigenvalue weighted by Gasteiger charge is -2.16. The Morgan fingerprint density at radius 1 is 0.593 bits per heavy atom. The molecule has 0 saturated heterocycles.